The van der Waals surface area contributed by atoms with Crippen LogP contribution in [0.2, 0.25) is 0 Å². The third-order valence-electron chi connectivity index (χ3n) is 2.65. The highest BCUT2D eigenvalue weighted by Gasteiger charge is 2.11. The molecule has 0 saturated heterocycles. The van der Waals surface area contributed by atoms with Gasteiger partial charge < -0.3 is 14.6 Å². The number of benzene rings is 1. The van der Waals surface area contributed by atoms with E-state index in [0.29, 0.717) is 22.8 Å². The van der Waals surface area contributed by atoms with Gasteiger partial charge in [-0.1, -0.05) is 6.07 Å². The number of carbonyl (C=O) groups is 1. The number of nitrogens with zero attached hydrogens (tertiary/aromatic N) is 1. The van der Waals surface area contributed by atoms with E-state index in [4.69, 9.17) is 14.6 Å². The third kappa shape index (κ3) is 2.65. The van der Waals surface area contributed by atoms with Crippen LogP contribution in [0.4, 0.5) is 0 Å². The Morgan fingerprint density at radius 3 is 2.58 bits per heavy atom. The molecule has 1 aromatic carbocycles. The van der Waals surface area contributed by atoms with Crippen LogP contribution in [0.3, 0.4) is 0 Å². The predicted octanol–water partition coefficient (Wildman–Crippen LogP) is 2.46. The number of aromatic nitrogens is 1. The zero-order chi connectivity index (χ0) is 13.8. The van der Waals surface area contributed by atoms with Crippen LogP contribution in [-0.2, 0) is 0 Å². The summed E-state index contributed by atoms with van der Waals surface area (Å²) in [6, 6.07) is 10.1. The lowest BCUT2D eigenvalue weighted by Gasteiger charge is -2.10. The molecule has 2 rings (SSSR count). The van der Waals surface area contributed by atoms with Gasteiger partial charge in [-0.05, 0) is 30.3 Å². The molecule has 0 aliphatic carbocycles. The molecule has 98 valence electrons. The Balaban J connectivity index is 2.56. The molecule has 1 aromatic heterocycles. The van der Waals surface area contributed by atoms with Gasteiger partial charge in [0.15, 0.2) is 0 Å². The number of hydrogen-bond donors (Lipinski definition) is 1. The summed E-state index contributed by atoms with van der Waals surface area (Å²) in [6.07, 6.45) is 0. The van der Waals surface area contributed by atoms with Gasteiger partial charge in [-0.15, -0.1) is 0 Å². The van der Waals surface area contributed by atoms with Crippen molar-refractivity contribution in [3.05, 3.63) is 42.1 Å². The number of methoxy groups -OCH3 is 2. The van der Waals surface area contributed by atoms with Gasteiger partial charge in [0.25, 0.3) is 0 Å². The minimum Gasteiger partial charge on any atom is -0.497 e. The molecule has 19 heavy (non-hydrogen) atoms. The fourth-order valence-corrected chi connectivity index (χ4v) is 1.72. The number of aromatic carboxylic acids is 1. The highest BCUT2D eigenvalue weighted by molar-refractivity contribution is 5.86. The first-order valence-corrected chi connectivity index (χ1v) is 5.58. The number of carboxylic acids is 1. The van der Waals surface area contributed by atoms with Gasteiger partial charge in [0.05, 0.1) is 19.9 Å². The summed E-state index contributed by atoms with van der Waals surface area (Å²) >= 11 is 0. The zero-order valence-electron chi connectivity index (χ0n) is 10.6. The van der Waals surface area contributed by atoms with Crippen molar-refractivity contribution in [3.8, 4) is 22.8 Å². The van der Waals surface area contributed by atoms with E-state index in [2.05, 4.69) is 4.98 Å². The van der Waals surface area contributed by atoms with Gasteiger partial charge in [-0.2, -0.15) is 0 Å². The fourth-order valence-electron chi connectivity index (χ4n) is 1.72. The fraction of sp³-hybridized carbons (Fsp3) is 0.143. The summed E-state index contributed by atoms with van der Waals surface area (Å²) in [6.45, 7) is 0. The molecule has 1 N–H and O–H groups in total. The summed E-state index contributed by atoms with van der Waals surface area (Å²) in [4.78, 5) is 15.0. The Morgan fingerprint density at radius 2 is 1.95 bits per heavy atom. The van der Waals surface area contributed by atoms with Crippen molar-refractivity contribution in [2.24, 2.45) is 0 Å². The normalized spacial score (nSPS) is 10.0. The summed E-state index contributed by atoms with van der Waals surface area (Å²) in [7, 11) is 3.11. The van der Waals surface area contributed by atoms with Crippen LogP contribution < -0.4 is 9.47 Å². The van der Waals surface area contributed by atoms with E-state index in [9.17, 15) is 4.79 Å². The number of pyridine rings is 1. The van der Waals surface area contributed by atoms with E-state index >= 15 is 0 Å². The van der Waals surface area contributed by atoms with Gasteiger partial charge in [-0.25, -0.2) is 9.78 Å². The van der Waals surface area contributed by atoms with E-state index < -0.39 is 5.97 Å². The quantitative estimate of drug-likeness (QED) is 0.913. The minimum atomic E-state index is -1.07. The maximum atomic E-state index is 10.9. The average Bonchev–Trinajstić information content (AvgIpc) is 2.46. The monoisotopic (exact) mass is 259 g/mol. The van der Waals surface area contributed by atoms with Crippen LogP contribution in [0.25, 0.3) is 11.3 Å². The highest BCUT2D eigenvalue weighted by atomic mass is 16.5. The Kier molecular flexibility index (Phi) is 3.66. The SMILES string of the molecule is COc1ccc(OC)c(-c2cccc(C(=O)O)n2)c1. The second-order valence-corrected chi connectivity index (χ2v) is 3.78. The lowest BCUT2D eigenvalue weighted by atomic mass is 10.1. The maximum absolute atomic E-state index is 10.9. The number of rotatable bonds is 4. The topological polar surface area (TPSA) is 68.7 Å². The summed E-state index contributed by atoms with van der Waals surface area (Å²) in [5, 5.41) is 8.96. The van der Waals surface area contributed by atoms with Crippen molar-refractivity contribution < 1.29 is 19.4 Å². The van der Waals surface area contributed by atoms with Crippen molar-refractivity contribution in [2.75, 3.05) is 14.2 Å². The van der Waals surface area contributed by atoms with Crippen LogP contribution in [0.1, 0.15) is 10.5 Å². The molecule has 0 saturated carbocycles. The number of ether oxygens (including phenoxy) is 2. The van der Waals surface area contributed by atoms with E-state index in [1.807, 2.05) is 0 Å². The molecule has 0 aliphatic heterocycles. The summed E-state index contributed by atoms with van der Waals surface area (Å²) in [5.74, 6) is 0.192. The molecule has 0 amide bonds. The molecule has 0 radical (unpaired) electrons. The zero-order valence-corrected chi connectivity index (χ0v) is 10.6. The predicted molar refractivity (Wildman–Crippen MR) is 69.7 cm³/mol. The molecule has 0 spiro atoms. The molecule has 0 aliphatic rings. The van der Waals surface area contributed by atoms with Crippen molar-refractivity contribution >= 4 is 5.97 Å². The van der Waals surface area contributed by atoms with Gasteiger partial charge >= 0.3 is 5.97 Å². The average molecular weight is 259 g/mol. The third-order valence-corrected chi connectivity index (χ3v) is 2.65. The van der Waals surface area contributed by atoms with Gasteiger partial charge in [0.1, 0.15) is 17.2 Å². The van der Waals surface area contributed by atoms with Crippen LogP contribution >= 0.6 is 0 Å². The van der Waals surface area contributed by atoms with Crippen molar-refractivity contribution in [1.82, 2.24) is 4.98 Å². The molecule has 0 unspecified atom stereocenters. The first-order valence-electron chi connectivity index (χ1n) is 5.58. The number of carboxylic acid groups (broad SMARTS) is 1. The second kappa shape index (κ2) is 5.39. The molecule has 2 aromatic rings. The van der Waals surface area contributed by atoms with Gasteiger partial charge in [0, 0.05) is 5.56 Å². The van der Waals surface area contributed by atoms with Crippen LogP contribution in [0, 0.1) is 0 Å². The summed E-state index contributed by atoms with van der Waals surface area (Å²) in [5.41, 5.74) is 1.20. The van der Waals surface area contributed by atoms with Crippen LogP contribution in [0.5, 0.6) is 11.5 Å². The van der Waals surface area contributed by atoms with Gasteiger partial charge in [-0.3, -0.25) is 0 Å². The Bertz CT molecular complexity index is 610. The van der Waals surface area contributed by atoms with Crippen LogP contribution in [0.15, 0.2) is 36.4 Å². The first kappa shape index (κ1) is 12.9. The second-order valence-electron chi connectivity index (χ2n) is 3.78. The molecule has 1 heterocycles. The first-order chi connectivity index (χ1) is 9.15. The van der Waals surface area contributed by atoms with E-state index in [-0.39, 0.29) is 5.69 Å². The Morgan fingerprint density at radius 1 is 1.16 bits per heavy atom. The van der Waals surface area contributed by atoms with Crippen molar-refractivity contribution in [2.45, 2.75) is 0 Å². The lowest BCUT2D eigenvalue weighted by molar-refractivity contribution is 0.0690. The Hall–Kier alpha value is -2.56. The van der Waals surface area contributed by atoms with Crippen molar-refractivity contribution in [3.63, 3.8) is 0 Å². The van der Waals surface area contributed by atoms with E-state index in [1.54, 1.807) is 44.6 Å². The molecular weight excluding hydrogens is 246 g/mol. The lowest BCUT2D eigenvalue weighted by Crippen LogP contribution is -2.01. The maximum Gasteiger partial charge on any atom is 0.354 e. The molecular formula is C14H13NO4. The van der Waals surface area contributed by atoms with Crippen molar-refractivity contribution in [1.29, 1.82) is 0 Å². The number of hydrogen-bond acceptors (Lipinski definition) is 4. The molecule has 0 atom stereocenters. The molecule has 0 fully saturated rings. The largest absolute Gasteiger partial charge is 0.497 e. The molecule has 5 heteroatoms. The molecule has 0 bridgehead atoms. The van der Waals surface area contributed by atoms with E-state index in [1.165, 1.54) is 6.07 Å². The summed E-state index contributed by atoms with van der Waals surface area (Å²) < 4.78 is 10.4. The van der Waals surface area contributed by atoms with Gasteiger partial charge in [0.2, 0.25) is 0 Å². The smallest absolute Gasteiger partial charge is 0.354 e. The minimum absolute atomic E-state index is 0.0117. The molecule has 5 nitrogen and oxygen atoms in total. The van der Waals surface area contributed by atoms with E-state index in [0.717, 1.165) is 0 Å². The Labute approximate surface area is 110 Å². The highest BCUT2D eigenvalue weighted by Crippen LogP contribution is 2.32. The standard InChI is InChI=1S/C14H13NO4/c1-18-9-6-7-13(19-2)10(8-9)11-4-3-5-12(15-11)14(16)17/h3-8H,1-2H3,(H,16,17). The van der Waals surface area contributed by atoms with Crippen LogP contribution in [-0.4, -0.2) is 30.3 Å².